The molecule has 10 heteroatoms. The van der Waals surface area contributed by atoms with Crippen LogP contribution in [0.5, 0.6) is 0 Å². The molecular formula is C21H13Cl2F3N4O. The number of anilines is 1. The van der Waals surface area contributed by atoms with E-state index in [1.54, 1.807) is 18.2 Å². The molecule has 0 saturated heterocycles. The van der Waals surface area contributed by atoms with Crippen molar-refractivity contribution in [1.82, 2.24) is 14.5 Å². The maximum absolute atomic E-state index is 13.7. The van der Waals surface area contributed by atoms with Crippen molar-refractivity contribution < 1.29 is 18.0 Å². The van der Waals surface area contributed by atoms with Gasteiger partial charge in [-0.25, -0.2) is 4.98 Å². The minimum atomic E-state index is -4.70. The number of hydrogen-bond donors (Lipinski definition) is 1. The first-order valence-electron chi connectivity index (χ1n) is 8.96. The summed E-state index contributed by atoms with van der Waals surface area (Å²) in [6, 6.07) is 12.3. The predicted octanol–water partition coefficient (Wildman–Crippen LogP) is 6.06. The number of hydrogen-bond acceptors (Lipinski definition) is 3. The molecule has 2 heterocycles. The Kier molecular flexibility index (Phi) is 5.60. The maximum Gasteiger partial charge on any atom is 0.449 e. The van der Waals surface area contributed by atoms with Crippen molar-refractivity contribution in [3.8, 4) is 0 Å². The number of nitrogens with zero attached hydrogens (tertiary/aromatic N) is 3. The van der Waals surface area contributed by atoms with E-state index in [4.69, 9.17) is 23.2 Å². The van der Waals surface area contributed by atoms with Crippen molar-refractivity contribution in [3.63, 3.8) is 0 Å². The second-order valence-corrected chi connectivity index (χ2v) is 7.41. The summed E-state index contributed by atoms with van der Waals surface area (Å²) in [6.45, 7) is -0.0679. The Morgan fingerprint density at radius 3 is 2.29 bits per heavy atom. The average molecular weight is 465 g/mol. The maximum atomic E-state index is 13.7. The van der Waals surface area contributed by atoms with Crippen LogP contribution in [0.4, 0.5) is 18.9 Å². The summed E-state index contributed by atoms with van der Waals surface area (Å²) in [5, 5.41) is 2.82. The molecule has 0 aliphatic rings. The number of carbonyl (C=O) groups is 1. The van der Waals surface area contributed by atoms with Crippen molar-refractivity contribution in [2.75, 3.05) is 5.32 Å². The first kappa shape index (κ1) is 21.1. The summed E-state index contributed by atoms with van der Waals surface area (Å²) in [6.07, 6.45) is -1.69. The monoisotopic (exact) mass is 464 g/mol. The molecule has 1 N–H and O–H groups in total. The van der Waals surface area contributed by atoms with Gasteiger partial charge in [-0.3, -0.25) is 9.78 Å². The Morgan fingerprint density at radius 2 is 1.65 bits per heavy atom. The number of alkyl halides is 3. The van der Waals surface area contributed by atoms with Gasteiger partial charge in [0.2, 0.25) is 5.82 Å². The molecule has 158 valence electrons. The predicted molar refractivity (Wildman–Crippen MR) is 112 cm³/mol. The summed E-state index contributed by atoms with van der Waals surface area (Å²) >= 11 is 12.1. The molecule has 31 heavy (non-hydrogen) atoms. The Morgan fingerprint density at radius 1 is 1.00 bits per heavy atom. The highest BCUT2D eigenvalue weighted by atomic mass is 35.5. The number of para-hydroxylation sites is 1. The van der Waals surface area contributed by atoms with E-state index >= 15 is 0 Å². The molecular weight excluding hydrogens is 452 g/mol. The fourth-order valence-corrected chi connectivity index (χ4v) is 3.76. The number of fused-ring (bicyclic) bond motifs is 1. The van der Waals surface area contributed by atoms with E-state index in [1.165, 1.54) is 42.7 Å². The van der Waals surface area contributed by atoms with E-state index in [9.17, 15) is 18.0 Å². The number of amides is 1. The van der Waals surface area contributed by atoms with Crippen LogP contribution in [0, 0.1) is 0 Å². The van der Waals surface area contributed by atoms with Gasteiger partial charge in [-0.05, 0) is 42.0 Å². The molecule has 0 aliphatic heterocycles. The number of imidazole rings is 1. The molecule has 0 fully saturated rings. The Labute approximate surface area is 184 Å². The number of carbonyl (C=O) groups excluding carboxylic acids is 1. The quantitative estimate of drug-likeness (QED) is 0.399. The third-order valence-electron chi connectivity index (χ3n) is 4.56. The molecule has 2 aromatic carbocycles. The lowest BCUT2D eigenvalue weighted by Gasteiger charge is -2.11. The van der Waals surface area contributed by atoms with Crippen LogP contribution >= 0.6 is 23.2 Å². The molecule has 0 atom stereocenters. The van der Waals surface area contributed by atoms with Crippen LogP contribution in [0.2, 0.25) is 10.0 Å². The summed E-state index contributed by atoms with van der Waals surface area (Å²) in [5.74, 6) is -1.72. The Hall–Kier alpha value is -3.10. The summed E-state index contributed by atoms with van der Waals surface area (Å²) < 4.78 is 42.3. The smallest absolute Gasteiger partial charge is 0.320 e. The minimum absolute atomic E-state index is 0.000377. The zero-order valence-electron chi connectivity index (χ0n) is 15.6. The fourth-order valence-electron chi connectivity index (χ4n) is 3.19. The summed E-state index contributed by atoms with van der Waals surface area (Å²) in [7, 11) is 0. The molecule has 0 spiro atoms. The lowest BCUT2D eigenvalue weighted by molar-refractivity contribution is -0.146. The fraction of sp³-hybridized carbons (Fsp3) is 0.0952. The lowest BCUT2D eigenvalue weighted by Crippen LogP contribution is -2.15. The molecule has 0 unspecified atom stereocenters. The Bertz CT molecular complexity index is 1250. The van der Waals surface area contributed by atoms with E-state index in [0.29, 0.717) is 5.56 Å². The summed E-state index contributed by atoms with van der Waals surface area (Å²) in [4.78, 5) is 20.4. The lowest BCUT2D eigenvalue weighted by atomic mass is 10.2. The highest BCUT2D eigenvalue weighted by molar-refractivity contribution is 6.40. The first-order valence-corrected chi connectivity index (χ1v) is 9.72. The number of halogens is 5. The third-order valence-corrected chi connectivity index (χ3v) is 5.19. The molecule has 1 amide bonds. The van der Waals surface area contributed by atoms with Gasteiger partial charge in [-0.2, -0.15) is 13.2 Å². The van der Waals surface area contributed by atoms with Gasteiger partial charge in [0.05, 0.1) is 26.8 Å². The SMILES string of the molecule is O=C(Nc1cccc2c1nc(C(F)(F)F)n2Cc1ccncc1)c1c(Cl)cccc1Cl. The number of rotatable bonds is 4. The zero-order chi connectivity index (χ0) is 22.2. The van der Waals surface area contributed by atoms with Gasteiger partial charge in [-0.15, -0.1) is 0 Å². The number of nitrogens with one attached hydrogen (secondary N) is 1. The largest absolute Gasteiger partial charge is 0.449 e. The van der Waals surface area contributed by atoms with E-state index in [0.717, 1.165) is 4.57 Å². The van der Waals surface area contributed by atoms with Gasteiger partial charge in [-0.1, -0.05) is 35.3 Å². The number of pyridine rings is 1. The topological polar surface area (TPSA) is 59.8 Å². The van der Waals surface area contributed by atoms with Crippen molar-refractivity contribution >= 4 is 45.8 Å². The molecule has 0 saturated carbocycles. The molecule has 4 aromatic rings. The molecule has 2 aromatic heterocycles. The van der Waals surface area contributed by atoms with Gasteiger partial charge in [0, 0.05) is 18.9 Å². The van der Waals surface area contributed by atoms with Gasteiger partial charge in [0.25, 0.3) is 5.91 Å². The second-order valence-electron chi connectivity index (χ2n) is 6.60. The molecule has 4 rings (SSSR count). The zero-order valence-corrected chi connectivity index (χ0v) is 17.1. The van der Waals surface area contributed by atoms with Crippen molar-refractivity contribution in [2.45, 2.75) is 12.7 Å². The van der Waals surface area contributed by atoms with Crippen molar-refractivity contribution in [3.05, 3.63) is 87.9 Å². The van der Waals surface area contributed by atoms with Crippen molar-refractivity contribution in [2.24, 2.45) is 0 Å². The standard InChI is InChI=1S/C21H13Cl2F3N4O/c22-13-3-1-4-14(23)17(13)19(31)28-15-5-2-6-16-18(15)29-20(21(24,25)26)30(16)11-12-7-9-27-10-8-12/h1-10H,11H2,(H,28,31). The molecule has 0 radical (unpaired) electrons. The molecule has 5 nitrogen and oxygen atoms in total. The van der Waals surface area contributed by atoms with E-state index in [1.807, 2.05) is 0 Å². The normalized spacial score (nSPS) is 11.6. The van der Waals surface area contributed by atoms with Crippen LogP contribution in [0.1, 0.15) is 21.7 Å². The summed E-state index contributed by atoms with van der Waals surface area (Å²) in [5.41, 5.74) is 0.970. The van der Waals surface area contributed by atoms with Gasteiger partial charge >= 0.3 is 6.18 Å². The average Bonchev–Trinajstić information content (AvgIpc) is 3.09. The molecule has 0 bridgehead atoms. The number of aromatic nitrogens is 3. The third kappa shape index (κ3) is 4.22. The highest BCUT2D eigenvalue weighted by Crippen LogP contribution is 2.35. The van der Waals surface area contributed by atoms with Gasteiger partial charge in [0.1, 0.15) is 5.52 Å². The van der Waals surface area contributed by atoms with Crippen LogP contribution in [0.15, 0.2) is 60.9 Å². The van der Waals surface area contributed by atoms with E-state index in [2.05, 4.69) is 15.3 Å². The second kappa shape index (κ2) is 8.20. The van der Waals surface area contributed by atoms with Crippen LogP contribution < -0.4 is 5.32 Å². The van der Waals surface area contributed by atoms with Crippen LogP contribution in [-0.2, 0) is 12.7 Å². The van der Waals surface area contributed by atoms with Gasteiger partial charge < -0.3 is 9.88 Å². The molecule has 0 aliphatic carbocycles. The van der Waals surface area contributed by atoms with Gasteiger partial charge in [0.15, 0.2) is 0 Å². The number of benzene rings is 2. The van der Waals surface area contributed by atoms with Crippen LogP contribution in [0.3, 0.4) is 0 Å². The highest BCUT2D eigenvalue weighted by Gasteiger charge is 2.38. The van der Waals surface area contributed by atoms with E-state index < -0.39 is 17.9 Å². The minimum Gasteiger partial charge on any atom is -0.320 e. The van der Waals surface area contributed by atoms with E-state index in [-0.39, 0.29) is 38.9 Å². The van der Waals surface area contributed by atoms with Crippen LogP contribution in [0.25, 0.3) is 11.0 Å². The van der Waals surface area contributed by atoms with Crippen LogP contribution in [-0.4, -0.2) is 20.4 Å². The Balaban J connectivity index is 1.80. The van der Waals surface area contributed by atoms with Crippen molar-refractivity contribution in [1.29, 1.82) is 0 Å². The first-order chi connectivity index (χ1) is 14.8.